The summed E-state index contributed by atoms with van der Waals surface area (Å²) in [5, 5.41) is 0. The first-order valence-corrected chi connectivity index (χ1v) is 11.2. The average Bonchev–Trinajstić information content (AvgIpc) is 3.06. The van der Waals surface area contributed by atoms with Crippen LogP contribution >= 0.6 is 0 Å². The minimum atomic E-state index is -3.57. The number of hydrogen-bond acceptors (Lipinski definition) is 4. The summed E-state index contributed by atoms with van der Waals surface area (Å²) >= 11 is 0. The van der Waals surface area contributed by atoms with E-state index < -0.39 is 10.0 Å². The van der Waals surface area contributed by atoms with E-state index in [1.165, 1.54) is 4.31 Å². The lowest BCUT2D eigenvalue weighted by Gasteiger charge is -2.36. The third-order valence-electron chi connectivity index (χ3n) is 6.27. The van der Waals surface area contributed by atoms with Crippen LogP contribution in [-0.4, -0.2) is 55.8 Å². The van der Waals surface area contributed by atoms with Crippen molar-refractivity contribution < 1.29 is 13.2 Å². The maximum Gasteiger partial charge on any atom is 0.243 e. The van der Waals surface area contributed by atoms with E-state index >= 15 is 0 Å². The Kier molecular flexibility index (Phi) is 5.66. The third kappa shape index (κ3) is 3.77. The molecule has 2 N–H and O–H groups in total. The number of carbonyl (C=O) groups is 1. The van der Waals surface area contributed by atoms with Crippen LogP contribution in [0.25, 0.3) is 0 Å². The van der Waals surface area contributed by atoms with Gasteiger partial charge in [-0.05, 0) is 69.2 Å². The Balaban J connectivity index is 1.75. The summed E-state index contributed by atoms with van der Waals surface area (Å²) in [6, 6.07) is 2.16. The molecule has 1 saturated carbocycles. The van der Waals surface area contributed by atoms with Crippen LogP contribution < -0.4 is 5.73 Å². The summed E-state index contributed by atoms with van der Waals surface area (Å²) in [4.78, 5) is 14.9. The number of nitrogens with zero attached hydrogens (tertiary/aromatic N) is 2. The number of hydrogen-bond donors (Lipinski definition) is 1. The molecule has 0 radical (unpaired) electrons. The van der Waals surface area contributed by atoms with Gasteiger partial charge in [-0.3, -0.25) is 4.79 Å². The molecular weight excluding hydrogens is 362 g/mol. The van der Waals surface area contributed by atoms with Crippen LogP contribution in [-0.2, 0) is 14.8 Å². The first kappa shape index (κ1) is 20.3. The lowest BCUT2D eigenvalue weighted by atomic mass is 10.0. The SMILES string of the molecule is Cc1cc(C)c(C)c(S(=O)(=O)N2CCN(C(=O)C3CCC(N)C3)CC2)c1C. The zero-order valence-electron chi connectivity index (χ0n) is 16.8. The zero-order chi connectivity index (χ0) is 19.9. The number of aryl methyl sites for hydroxylation is 2. The van der Waals surface area contributed by atoms with Gasteiger partial charge in [0.05, 0.1) is 4.90 Å². The molecular formula is C20H31N3O3S. The Labute approximate surface area is 162 Å². The molecule has 1 aromatic carbocycles. The summed E-state index contributed by atoms with van der Waals surface area (Å²) in [6.45, 7) is 9.24. The second kappa shape index (κ2) is 7.53. The number of sulfonamides is 1. The van der Waals surface area contributed by atoms with E-state index in [1.807, 2.05) is 38.7 Å². The van der Waals surface area contributed by atoms with Crippen LogP contribution in [0, 0.1) is 33.6 Å². The van der Waals surface area contributed by atoms with Crippen LogP contribution in [0.3, 0.4) is 0 Å². The molecule has 6 nitrogen and oxygen atoms in total. The van der Waals surface area contributed by atoms with Crippen LogP contribution in [0.2, 0.25) is 0 Å². The monoisotopic (exact) mass is 393 g/mol. The van der Waals surface area contributed by atoms with Gasteiger partial charge in [-0.2, -0.15) is 4.31 Å². The van der Waals surface area contributed by atoms with Gasteiger partial charge in [0.1, 0.15) is 0 Å². The van der Waals surface area contributed by atoms with Crippen LogP contribution in [0.4, 0.5) is 0 Å². The standard InChI is InChI=1S/C20H31N3O3S/c1-13-11-14(2)16(4)19(15(13)3)27(25,26)23-9-7-22(8-10-23)20(24)17-5-6-18(21)12-17/h11,17-18H,5-10,12,21H2,1-4H3. The van der Waals surface area contributed by atoms with Gasteiger partial charge in [0.25, 0.3) is 0 Å². The fourth-order valence-electron chi connectivity index (χ4n) is 4.34. The molecule has 1 aromatic rings. The molecule has 1 heterocycles. The Morgan fingerprint density at radius 2 is 1.56 bits per heavy atom. The maximum atomic E-state index is 13.3. The molecule has 0 aromatic heterocycles. The van der Waals surface area contributed by atoms with Crippen molar-refractivity contribution in [3.63, 3.8) is 0 Å². The van der Waals surface area contributed by atoms with Crippen molar-refractivity contribution in [2.45, 2.75) is 57.9 Å². The molecule has 2 aliphatic rings. The highest BCUT2D eigenvalue weighted by Gasteiger charge is 2.36. The first-order valence-electron chi connectivity index (χ1n) is 9.75. The molecule has 1 amide bonds. The van der Waals surface area contributed by atoms with Gasteiger partial charge in [0.15, 0.2) is 0 Å². The third-order valence-corrected chi connectivity index (χ3v) is 8.44. The van der Waals surface area contributed by atoms with Gasteiger partial charge in [-0.25, -0.2) is 8.42 Å². The number of rotatable bonds is 3. The molecule has 1 aliphatic heterocycles. The zero-order valence-corrected chi connectivity index (χ0v) is 17.6. The van der Waals surface area contributed by atoms with E-state index in [9.17, 15) is 13.2 Å². The Morgan fingerprint density at radius 3 is 2.04 bits per heavy atom. The van der Waals surface area contributed by atoms with Crippen LogP contribution in [0.5, 0.6) is 0 Å². The second-order valence-corrected chi connectivity index (χ2v) is 9.96. The van der Waals surface area contributed by atoms with Gasteiger partial charge < -0.3 is 10.6 Å². The second-order valence-electron chi connectivity index (χ2n) is 8.09. The first-order chi connectivity index (χ1) is 12.6. The summed E-state index contributed by atoms with van der Waals surface area (Å²) < 4.78 is 28.2. The number of carbonyl (C=O) groups excluding carboxylic acids is 1. The Morgan fingerprint density at radius 1 is 1.00 bits per heavy atom. The maximum absolute atomic E-state index is 13.3. The molecule has 2 fully saturated rings. The van der Waals surface area contributed by atoms with Crippen molar-refractivity contribution in [3.8, 4) is 0 Å². The molecule has 2 unspecified atom stereocenters. The topological polar surface area (TPSA) is 83.7 Å². The van der Waals surface area contributed by atoms with E-state index in [0.717, 1.165) is 41.5 Å². The lowest BCUT2D eigenvalue weighted by molar-refractivity contribution is -0.136. The summed E-state index contributed by atoms with van der Waals surface area (Å²) in [5.41, 5.74) is 9.54. The van der Waals surface area contributed by atoms with Crippen LogP contribution in [0.1, 0.15) is 41.5 Å². The van der Waals surface area contributed by atoms with Crippen molar-refractivity contribution in [2.24, 2.45) is 11.7 Å². The largest absolute Gasteiger partial charge is 0.340 e. The minimum absolute atomic E-state index is 0.00654. The van der Waals surface area contributed by atoms with E-state index in [-0.39, 0.29) is 17.9 Å². The normalized spacial score (nSPS) is 24.4. The van der Waals surface area contributed by atoms with Gasteiger partial charge in [0, 0.05) is 38.1 Å². The number of amides is 1. The van der Waals surface area contributed by atoms with E-state index in [4.69, 9.17) is 5.73 Å². The predicted molar refractivity (Wildman–Crippen MR) is 106 cm³/mol. The van der Waals surface area contributed by atoms with E-state index in [0.29, 0.717) is 31.1 Å². The van der Waals surface area contributed by atoms with E-state index in [1.54, 1.807) is 0 Å². The smallest absolute Gasteiger partial charge is 0.243 e. The quantitative estimate of drug-likeness (QED) is 0.850. The van der Waals surface area contributed by atoms with Crippen molar-refractivity contribution in [2.75, 3.05) is 26.2 Å². The van der Waals surface area contributed by atoms with Crippen molar-refractivity contribution >= 4 is 15.9 Å². The summed E-state index contributed by atoms with van der Waals surface area (Å²) in [7, 11) is -3.57. The number of benzene rings is 1. The van der Waals surface area contributed by atoms with E-state index in [2.05, 4.69) is 0 Å². The van der Waals surface area contributed by atoms with Crippen molar-refractivity contribution in [1.82, 2.24) is 9.21 Å². The Hall–Kier alpha value is -1.44. The average molecular weight is 394 g/mol. The van der Waals surface area contributed by atoms with Gasteiger partial charge in [-0.1, -0.05) is 6.07 Å². The fourth-order valence-corrected chi connectivity index (χ4v) is 6.34. The fraction of sp³-hybridized carbons (Fsp3) is 0.650. The highest BCUT2D eigenvalue weighted by atomic mass is 32.2. The molecule has 1 saturated heterocycles. The van der Waals surface area contributed by atoms with Crippen molar-refractivity contribution in [1.29, 1.82) is 0 Å². The molecule has 3 rings (SSSR count). The molecule has 7 heteroatoms. The molecule has 0 bridgehead atoms. The molecule has 27 heavy (non-hydrogen) atoms. The summed E-state index contributed by atoms with van der Waals surface area (Å²) in [6.07, 6.45) is 2.49. The van der Waals surface area contributed by atoms with Gasteiger partial charge in [-0.15, -0.1) is 0 Å². The highest BCUT2D eigenvalue weighted by Crippen LogP contribution is 2.30. The number of piperazine rings is 1. The lowest BCUT2D eigenvalue weighted by Crippen LogP contribution is -2.52. The van der Waals surface area contributed by atoms with Crippen molar-refractivity contribution in [3.05, 3.63) is 28.3 Å². The number of nitrogens with two attached hydrogens (primary N) is 1. The summed E-state index contributed by atoms with van der Waals surface area (Å²) in [5.74, 6) is 0.144. The minimum Gasteiger partial charge on any atom is -0.340 e. The van der Waals surface area contributed by atoms with Gasteiger partial charge >= 0.3 is 0 Å². The predicted octanol–water partition coefficient (Wildman–Crippen LogP) is 1.88. The molecule has 2 atom stereocenters. The molecule has 150 valence electrons. The molecule has 1 aliphatic carbocycles. The van der Waals surface area contributed by atoms with Gasteiger partial charge in [0.2, 0.25) is 15.9 Å². The van der Waals surface area contributed by atoms with Crippen LogP contribution in [0.15, 0.2) is 11.0 Å². The molecule has 0 spiro atoms. The Bertz CT molecular complexity index is 816. The highest BCUT2D eigenvalue weighted by molar-refractivity contribution is 7.89.